The Bertz CT molecular complexity index is 246. The van der Waals surface area contributed by atoms with Crippen molar-refractivity contribution < 1.29 is 13.2 Å². The predicted molar refractivity (Wildman–Crippen MR) is 47.9 cm³/mol. The molecule has 0 saturated carbocycles. The quantitative estimate of drug-likeness (QED) is 0.645. The molecule has 1 aromatic rings. The molecule has 0 N–H and O–H groups in total. The first-order valence-corrected chi connectivity index (χ1v) is 4.57. The molecule has 0 aliphatic carbocycles. The third kappa shape index (κ3) is 3.80. The van der Waals surface area contributed by atoms with Gasteiger partial charge in [-0.2, -0.15) is 13.2 Å². The van der Waals surface area contributed by atoms with Gasteiger partial charge >= 0.3 is 6.18 Å². The van der Waals surface area contributed by atoms with Crippen molar-refractivity contribution in [3.63, 3.8) is 0 Å². The Morgan fingerprint density at radius 2 is 2.00 bits per heavy atom. The summed E-state index contributed by atoms with van der Waals surface area (Å²) in [7, 11) is 5.09. The van der Waals surface area contributed by atoms with Crippen molar-refractivity contribution in [2.45, 2.75) is 26.3 Å². The zero-order chi connectivity index (χ0) is 10.5. The third-order valence-corrected chi connectivity index (χ3v) is 2.07. The fraction of sp³-hybridized carbons (Fsp3) is 0.571. The van der Waals surface area contributed by atoms with Crippen LogP contribution in [0.2, 0.25) is 0 Å². The van der Waals surface area contributed by atoms with Crippen LogP contribution in [0.15, 0.2) is 6.20 Å². The molecule has 0 aromatic carbocycles. The van der Waals surface area contributed by atoms with Gasteiger partial charge in [-0.15, -0.1) is 11.3 Å². The highest BCUT2D eigenvalue weighted by Gasteiger charge is 2.32. The van der Waals surface area contributed by atoms with Crippen LogP contribution in [0.25, 0.3) is 0 Å². The first-order valence-electron chi connectivity index (χ1n) is 3.76. The lowest BCUT2D eigenvalue weighted by Gasteiger charge is -1.99. The molecule has 0 aliphatic rings. The summed E-state index contributed by atoms with van der Waals surface area (Å²) in [4.78, 5) is 2.78. The van der Waals surface area contributed by atoms with Gasteiger partial charge in [-0.25, -0.2) is 4.98 Å². The van der Waals surface area contributed by atoms with Crippen molar-refractivity contribution in [1.82, 2.24) is 4.98 Å². The van der Waals surface area contributed by atoms with Gasteiger partial charge in [0.1, 0.15) is 4.88 Å². The zero-order valence-electron chi connectivity index (χ0n) is 7.35. The molecule has 13 heavy (non-hydrogen) atoms. The molecule has 0 saturated heterocycles. The van der Waals surface area contributed by atoms with Crippen molar-refractivity contribution in [1.29, 1.82) is 0 Å². The zero-order valence-corrected chi connectivity index (χ0v) is 8.17. The molecule has 1 nitrogen and oxygen atoms in total. The lowest BCUT2D eigenvalue weighted by molar-refractivity contribution is -0.134. The minimum Gasteiger partial charge on any atom is -0.250 e. The summed E-state index contributed by atoms with van der Waals surface area (Å²) < 4.78 is 35.6. The maximum absolute atomic E-state index is 11.9. The van der Waals surface area contributed by atoms with Crippen molar-refractivity contribution in [3.05, 3.63) is 16.1 Å². The molecule has 0 bridgehead atoms. The predicted octanol–water partition coefficient (Wildman–Crippen LogP) is 2.86. The van der Waals surface area contributed by atoms with Crippen LogP contribution in [0.4, 0.5) is 13.2 Å². The number of thiazole rings is 1. The van der Waals surface area contributed by atoms with Crippen LogP contribution in [-0.4, -0.2) is 12.8 Å². The van der Waals surface area contributed by atoms with Gasteiger partial charge in [-0.1, -0.05) is 13.8 Å². The number of halogens is 3. The molecule has 0 spiro atoms. The molecule has 0 fully saturated rings. The standard InChI is InChI=1S/C5H3BF3NS.C2H6/c6-1-4-10-2-3(11-4)5(7,8)9;1-2/h2H,1H2;1-2H3. The summed E-state index contributed by atoms with van der Waals surface area (Å²) >= 11 is 0.579. The van der Waals surface area contributed by atoms with Gasteiger partial charge in [0.05, 0.1) is 19.1 Å². The Kier molecular flexibility index (Phi) is 5.06. The van der Waals surface area contributed by atoms with E-state index in [1.54, 1.807) is 0 Å². The molecule has 6 heteroatoms. The summed E-state index contributed by atoms with van der Waals surface area (Å²) in [5.74, 6) is 0. The van der Waals surface area contributed by atoms with Gasteiger partial charge in [0, 0.05) is 0 Å². The van der Waals surface area contributed by atoms with Gasteiger partial charge in [0.25, 0.3) is 0 Å². The number of nitrogens with zero attached hydrogens (tertiary/aromatic N) is 1. The highest BCUT2D eigenvalue weighted by Crippen LogP contribution is 2.33. The lowest BCUT2D eigenvalue weighted by atomic mass is 10.1. The maximum atomic E-state index is 11.9. The van der Waals surface area contributed by atoms with Gasteiger partial charge < -0.3 is 0 Å². The molecule has 0 amide bonds. The van der Waals surface area contributed by atoms with Gasteiger partial charge in [0.2, 0.25) is 0 Å². The fourth-order valence-corrected chi connectivity index (χ4v) is 1.20. The molecule has 1 heterocycles. The summed E-state index contributed by atoms with van der Waals surface area (Å²) in [6, 6.07) is 0. The van der Waals surface area contributed by atoms with Crippen molar-refractivity contribution in [2.75, 3.05) is 0 Å². The summed E-state index contributed by atoms with van der Waals surface area (Å²) in [6.07, 6.45) is -3.43. The number of hydrogen-bond acceptors (Lipinski definition) is 2. The first-order chi connectivity index (χ1) is 6.04. The van der Waals surface area contributed by atoms with E-state index in [0.29, 0.717) is 16.3 Å². The number of alkyl halides is 3. The van der Waals surface area contributed by atoms with Crippen molar-refractivity contribution in [2.24, 2.45) is 0 Å². The largest absolute Gasteiger partial charge is 0.427 e. The third-order valence-electron chi connectivity index (χ3n) is 1.01. The Morgan fingerprint density at radius 1 is 1.46 bits per heavy atom. The van der Waals surface area contributed by atoms with E-state index >= 15 is 0 Å². The van der Waals surface area contributed by atoms with E-state index in [4.69, 9.17) is 7.85 Å². The molecule has 1 aromatic heterocycles. The molecule has 0 atom stereocenters. The Hall–Kier alpha value is -0.515. The molecule has 1 rings (SSSR count). The summed E-state index contributed by atoms with van der Waals surface area (Å²) in [5.41, 5.74) is 0. The highest BCUT2D eigenvalue weighted by atomic mass is 32.1. The highest BCUT2D eigenvalue weighted by molar-refractivity contribution is 7.11. The normalized spacial score (nSPS) is 10.5. The lowest BCUT2D eigenvalue weighted by Crippen LogP contribution is -2.00. The minimum absolute atomic E-state index is 0.0563. The second-order valence-electron chi connectivity index (χ2n) is 1.82. The van der Waals surface area contributed by atoms with Crippen LogP contribution >= 0.6 is 11.3 Å². The number of hydrogen-bond donors (Lipinski definition) is 0. The van der Waals surface area contributed by atoms with Crippen LogP contribution in [0.3, 0.4) is 0 Å². The SMILES string of the molecule is CC.[B]Cc1ncc(C(F)(F)F)s1. The topological polar surface area (TPSA) is 12.9 Å². The van der Waals surface area contributed by atoms with E-state index in [9.17, 15) is 13.2 Å². The monoisotopic (exact) mass is 207 g/mol. The fourth-order valence-electron chi connectivity index (χ4n) is 0.536. The second kappa shape index (κ2) is 5.27. The van der Waals surface area contributed by atoms with Gasteiger partial charge in [-0.05, 0) is 6.32 Å². The summed E-state index contributed by atoms with van der Waals surface area (Å²) in [5, 5.41) is 0.303. The van der Waals surface area contributed by atoms with Crippen molar-refractivity contribution >= 4 is 19.2 Å². The van der Waals surface area contributed by atoms with E-state index < -0.39 is 11.1 Å². The molecule has 72 valence electrons. The Labute approximate surface area is 80.4 Å². The van der Waals surface area contributed by atoms with Crippen LogP contribution in [0.1, 0.15) is 23.7 Å². The second-order valence-corrected chi connectivity index (χ2v) is 2.94. The van der Waals surface area contributed by atoms with E-state index in [-0.39, 0.29) is 6.32 Å². The van der Waals surface area contributed by atoms with Gasteiger partial charge in [-0.3, -0.25) is 0 Å². The van der Waals surface area contributed by atoms with Gasteiger partial charge in [0.15, 0.2) is 0 Å². The van der Waals surface area contributed by atoms with Crippen LogP contribution in [0, 0.1) is 0 Å². The molecular weight excluding hydrogens is 198 g/mol. The van der Waals surface area contributed by atoms with Crippen LogP contribution in [0.5, 0.6) is 0 Å². The van der Waals surface area contributed by atoms with Crippen molar-refractivity contribution in [3.8, 4) is 0 Å². The smallest absolute Gasteiger partial charge is 0.250 e. The van der Waals surface area contributed by atoms with Crippen LogP contribution in [-0.2, 0) is 12.5 Å². The Balaban J connectivity index is 0.000000671. The van der Waals surface area contributed by atoms with E-state index in [0.717, 1.165) is 6.20 Å². The summed E-state index contributed by atoms with van der Waals surface area (Å²) in [6.45, 7) is 4.00. The average molecular weight is 207 g/mol. The first kappa shape index (κ1) is 12.5. The molecular formula is C7H9BF3NS. The van der Waals surface area contributed by atoms with E-state index in [2.05, 4.69) is 4.98 Å². The Morgan fingerprint density at radius 3 is 2.23 bits per heavy atom. The van der Waals surface area contributed by atoms with Crippen LogP contribution < -0.4 is 0 Å². The number of rotatable bonds is 1. The maximum Gasteiger partial charge on any atom is 0.427 e. The molecule has 0 unspecified atom stereocenters. The average Bonchev–Trinajstić information content (AvgIpc) is 2.54. The minimum atomic E-state index is -4.29. The van der Waals surface area contributed by atoms with E-state index in [1.807, 2.05) is 13.8 Å². The molecule has 0 aliphatic heterocycles. The van der Waals surface area contributed by atoms with E-state index in [1.165, 1.54) is 0 Å². The number of aromatic nitrogens is 1. The molecule has 2 radical (unpaired) electrons.